The van der Waals surface area contributed by atoms with Gasteiger partial charge in [0.1, 0.15) is 5.58 Å². The second kappa shape index (κ2) is 13.0. The SMILES string of the molecule is Cc1cc2c3c(c1)N(c1ccc(C(C)(C)C)cc1)c1c(oc4cc5c(cc14)C(C)(C)CCC5(C)C)B3c1cc(C(C)(C)C)ccc1N2c1cc(-c2ccccc2)ccc1C. The number of furan rings is 1. The molecular weight excluding hydrogens is 727 g/mol. The van der Waals surface area contributed by atoms with Gasteiger partial charge in [0, 0.05) is 33.8 Å². The molecule has 10 rings (SSSR count). The summed E-state index contributed by atoms with van der Waals surface area (Å²) in [6, 6.07) is 44.1. The van der Waals surface area contributed by atoms with E-state index in [1.807, 2.05) is 0 Å². The van der Waals surface area contributed by atoms with Gasteiger partial charge in [-0.25, -0.2) is 0 Å². The summed E-state index contributed by atoms with van der Waals surface area (Å²) in [5.41, 5.74) is 22.3. The van der Waals surface area contributed by atoms with Gasteiger partial charge in [-0.05, 0) is 152 Å². The number of anilines is 6. The van der Waals surface area contributed by atoms with Crippen molar-refractivity contribution in [2.45, 2.75) is 118 Å². The third kappa shape index (κ3) is 5.92. The van der Waals surface area contributed by atoms with E-state index in [4.69, 9.17) is 4.42 Å². The minimum atomic E-state index is -0.104. The molecule has 1 aliphatic carbocycles. The van der Waals surface area contributed by atoms with Crippen LogP contribution in [0.3, 0.4) is 0 Å². The Kier molecular flexibility index (Phi) is 8.40. The van der Waals surface area contributed by atoms with E-state index in [0.29, 0.717) is 0 Å². The second-order valence-corrected chi connectivity index (χ2v) is 21.5. The van der Waals surface area contributed by atoms with E-state index in [2.05, 4.69) is 208 Å². The van der Waals surface area contributed by atoms with Crippen molar-refractivity contribution in [3.8, 4) is 11.1 Å². The zero-order chi connectivity index (χ0) is 42.3. The predicted molar refractivity (Wildman–Crippen MR) is 258 cm³/mol. The third-order valence-electron chi connectivity index (χ3n) is 14.2. The van der Waals surface area contributed by atoms with E-state index in [-0.39, 0.29) is 28.4 Å². The molecule has 6 aromatic carbocycles. The van der Waals surface area contributed by atoms with Crippen molar-refractivity contribution in [2.75, 3.05) is 9.80 Å². The molecular formula is C56H59BN2O. The van der Waals surface area contributed by atoms with Crippen molar-refractivity contribution in [2.24, 2.45) is 0 Å². The van der Waals surface area contributed by atoms with E-state index in [1.54, 1.807) is 0 Å². The van der Waals surface area contributed by atoms with Gasteiger partial charge in [-0.1, -0.05) is 136 Å². The van der Waals surface area contributed by atoms with Crippen molar-refractivity contribution < 1.29 is 4.42 Å². The summed E-state index contributed by atoms with van der Waals surface area (Å²) < 4.78 is 7.49. The van der Waals surface area contributed by atoms with Crippen molar-refractivity contribution in [3.05, 3.63) is 149 Å². The molecule has 0 saturated heterocycles. The maximum Gasteiger partial charge on any atom is 0.297 e. The highest BCUT2D eigenvalue weighted by Crippen LogP contribution is 2.52. The van der Waals surface area contributed by atoms with E-state index in [1.165, 1.54) is 89.3 Å². The van der Waals surface area contributed by atoms with E-state index >= 15 is 0 Å². The average molecular weight is 787 g/mol. The molecule has 0 atom stereocenters. The van der Waals surface area contributed by atoms with Gasteiger partial charge in [0.25, 0.3) is 6.71 Å². The highest BCUT2D eigenvalue weighted by Gasteiger charge is 2.48. The molecule has 60 heavy (non-hydrogen) atoms. The molecule has 1 aromatic heterocycles. The molecule has 0 N–H and O–H groups in total. The molecule has 3 heterocycles. The van der Waals surface area contributed by atoms with Gasteiger partial charge in [-0.15, -0.1) is 0 Å². The van der Waals surface area contributed by atoms with Gasteiger partial charge < -0.3 is 14.2 Å². The Labute approximate surface area is 358 Å². The fourth-order valence-corrected chi connectivity index (χ4v) is 10.4. The summed E-state index contributed by atoms with van der Waals surface area (Å²) in [7, 11) is 0. The van der Waals surface area contributed by atoms with E-state index in [9.17, 15) is 0 Å². The monoisotopic (exact) mass is 786 g/mol. The van der Waals surface area contributed by atoms with E-state index in [0.717, 1.165) is 29.8 Å². The van der Waals surface area contributed by atoms with Gasteiger partial charge in [0.2, 0.25) is 0 Å². The van der Waals surface area contributed by atoms with Crippen molar-refractivity contribution in [3.63, 3.8) is 0 Å². The topological polar surface area (TPSA) is 19.6 Å². The second-order valence-electron chi connectivity index (χ2n) is 21.5. The maximum absolute atomic E-state index is 7.49. The highest BCUT2D eigenvalue weighted by atomic mass is 16.3. The average Bonchev–Trinajstić information content (AvgIpc) is 3.57. The van der Waals surface area contributed by atoms with Crippen LogP contribution in [-0.4, -0.2) is 6.71 Å². The lowest BCUT2D eigenvalue weighted by Crippen LogP contribution is -2.61. The Morgan fingerprint density at radius 3 is 1.83 bits per heavy atom. The lowest BCUT2D eigenvalue weighted by Gasteiger charge is -2.43. The zero-order valence-corrected chi connectivity index (χ0v) is 37.8. The molecule has 0 bridgehead atoms. The Morgan fingerprint density at radius 1 is 0.567 bits per heavy atom. The Morgan fingerprint density at radius 2 is 1.18 bits per heavy atom. The van der Waals surface area contributed by atoms with Crippen LogP contribution < -0.4 is 26.4 Å². The van der Waals surface area contributed by atoms with Crippen LogP contribution in [0.25, 0.3) is 22.1 Å². The molecule has 0 unspecified atom stereocenters. The largest absolute Gasteiger partial charge is 0.468 e. The standard InChI is InChI=1S/C56H59BN2O/c1-34-28-47-50-48(29-34)59(46-30-37(19-18-35(46)2)36-16-14-13-15-17-36)45-25-22-39(54(6,7)8)31-44(45)57(50)52-51(58(47)40-23-20-38(21-24-40)53(3,4)5)41-32-42-43(33-49(41)60-52)56(11,12)27-26-55(42,9)10/h13-25,28-33H,26-27H2,1-12H3. The zero-order valence-electron chi connectivity index (χ0n) is 37.8. The molecule has 302 valence electrons. The molecule has 4 heteroatoms. The fourth-order valence-electron chi connectivity index (χ4n) is 10.4. The number of aryl methyl sites for hydroxylation is 2. The highest BCUT2D eigenvalue weighted by molar-refractivity contribution is 7.00. The number of benzene rings is 6. The van der Waals surface area contributed by atoms with Gasteiger partial charge in [-0.3, -0.25) is 0 Å². The van der Waals surface area contributed by atoms with Crippen LogP contribution in [0, 0.1) is 13.8 Å². The molecule has 7 aromatic rings. The van der Waals surface area contributed by atoms with Crippen molar-refractivity contribution in [1.82, 2.24) is 0 Å². The summed E-state index contributed by atoms with van der Waals surface area (Å²) in [6.07, 6.45) is 2.32. The minimum absolute atomic E-state index is 0.0399. The normalized spacial score (nSPS) is 16.4. The summed E-state index contributed by atoms with van der Waals surface area (Å²) >= 11 is 0. The van der Waals surface area contributed by atoms with Crippen LogP contribution in [0.15, 0.2) is 120 Å². The quantitative estimate of drug-likeness (QED) is 0.166. The first-order valence-electron chi connectivity index (χ1n) is 22.1. The van der Waals surface area contributed by atoms with E-state index < -0.39 is 0 Å². The third-order valence-corrected chi connectivity index (χ3v) is 14.2. The number of hydrogen-bond acceptors (Lipinski definition) is 3. The van der Waals surface area contributed by atoms with Crippen LogP contribution >= 0.6 is 0 Å². The lowest BCUT2D eigenvalue weighted by atomic mass is 9.35. The molecule has 0 spiro atoms. The number of hydrogen-bond donors (Lipinski definition) is 0. The Hall–Kier alpha value is -5.48. The van der Waals surface area contributed by atoms with Crippen molar-refractivity contribution >= 4 is 68.4 Å². The van der Waals surface area contributed by atoms with Crippen LogP contribution in [-0.2, 0) is 21.7 Å². The number of nitrogens with zero attached hydrogens (tertiary/aromatic N) is 2. The predicted octanol–water partition coefficient (Wildman–Crippen LogP) is 13.7. The molecule has 0 radical (unpaired) electrons. The summed E-state index contributed by atoms with van der Waals surface area (Å²) in [5.74, 6) is 0. The van der Waals surface area contributed by atoms with Crippen molar-refractivity contribution in [1.29, 1.82) is 0 Å². The number of fused-ring (bicyclic) bond motifs is 7. The first kappa shape index (κ1) is 38.7. The molecule has 3 nitrogen and oxygen atoms in total. The van der Waals surface area contributed by atoms with Gasteiger partial charge >= 0.3 is 0 Å². The van der Waals surface area contributed by atoms with Gasteiger partial charge in [-0.2, -0.15) is 0 Å². The summed E-state index contributed by atoms with van der Waals surface area (Å²) in [6.45, 7) is 28.0. The summed E-state index contributed by atoms with van der Waals surface area (Å²) in [5, 5.41) is 1.20. The van der Waals surface area contributed by atoms with Crippen LogP contribution in [0.4, 0.5) is 34.1 Å². The lowest BCUT2D eigenvalue weighted by molar-refractivity contribution is 0.332. The number of rotatable bonds is 3. The fraction of sp³-hybridized carbons (Fsp3) is 0.321. The Balaban J connectivity index is 1.32. The first-order valence-corrected chi connectivity index (χ1v) is 22.1. The van der Waals surface area contributed by atoms with Crippen LogP contribution in [0.1, 0.15) is 115 Å². The summed E-state index contributed by atoms with van der Waals surface area (Å²) in [4.78, 5) is 5.11. The Bertz CT molecular complexity index is 2860. The van der Waals surface area contributed by atoms with Gasteiger partial charge in [0.15, 0.2) is 0 Å². The van der Waals surface area contributed by atoms with Crippen LogP contribution in [0.2, 0.25) is 0 Å². The first-order chi connectivity index (χ1) is 28.3. The minimum Gasteiger partial charge on any atom is -0.468 e. The molecule has 3 aliphatic rings. The molecule has 0 saturated carbocycles. The molecule has 0 fully saturated rings. The van der Waals surface area contributed by atoms with Gasteiger partial charge in [0.05, 0.1) is 11.3 Å². The smallest absolute Gasteiger partial charge is 0.297 e. The molecule has 2 aliphatic heterocycles. The maximum atomic E-state index is 7.49. The van der Waals surface area contributed by atoms with Crippen LogP contribution in [0.5, 0.6) is 0 Å². The molecule has 0 amide bonds.